The lowest BCUT2D eigenvalue weighted by Gasteiger charge is -2.38. The normalized spacial score (nSPS) is 23.0. The van der Waals surface area contributed by atoms with E-state index in [9.17, 15) is 9.59 Å². The topological polar surface area (TPSA) is 52.6 Å². The number of rotatable bonds is 4. The summed E-state index contributed by atoms with van der Waals surface area (Å²) in [6.45, 7) is 8.79. The molecular weight excluding hydrogens is 302 g/mol. The number of carbonyl (C=O) groups excluding carboxylic acids is 2. The SMILES string of the molecule is CC(C)N1CCN(c2ccc(NC3CCC(=O)CC3=O)cc2)CC1. The number of hydrogen-bond acceptors (Lipinski definition) is 5. The van der Waals surface area contributed by atoms with Crippen LogP contribution >= 0.6 is 0 Å². The number of ketones is 2. The van der Waals surface area contributed by atoms with Gasteiger partial charge in [0.2, 0.25) is 0 Å². The van der Waals surface area contributed by atoms with E-state index >= 15 is 0 Å². The molecule has 1 saturated heterocycles. The van der Waals surface area contributed by atoms with Crippen LogP contribution in [0, 0.1) is 0 Å². The lowest BCUT2D eigenvalue weighted by atomic mass is 9.93. The number of anilines is 2. The number of piperazine rings is 1. The number of carbonyl (C=O) groups is 2. The molecule has 1 aliphatic carbocycles. The highest BCUT2D eigenvalue weighted by Crippen LogP contribution is 2.22. The molecule has 0 amide bonds. The molecule has 1 heterocycles. The number of nitrogens with one attached hydrogen (secondary N) is 1. The zero-order chi connectivity index (χ0) is 17.1. The van der Waals surface area contributed by atoms with Crippen LogP contribution in [0.15, 0.2) is 24.3 Å². The van der Waals surface area contributed by atoms with Crippen LogP contribution in [0.5, 0.6) is 0 Å². The Bertz CT molecular complexity index is 589. The highest BCUT2D eigenvalue weighted by atomic mass is 16.2. The third-order valence-corrected chi connectivity index (χ3v) is 5.09. The van der Waals surface area contributed by atoms with Crippen LogP contribution in [-0.4, -0.2) is 54.7 Å². The molecule has 1 saturated carbocycles. The molecule has 1 unspecified atom stereocenters. The average Bonchev–Trinajstić information content (AvgIpc) is 2.58. The molecule has 1 N–H and O–H groups in total. The standard InChI is InChI=1S/C19H27N3O2/c1-14(2)21-9-11-22(12-10-21)16-5-3-15(4-6-16)20-18-8-7-17(23)13-19(18)24/h3-6,14,18,20H,7-13H2,1-2H3. The first-order valence-corrected chi connectivity index (χ1v) is 8.93. The van der Waals surface area contributed by atoms with Crippen LogP contribution in [0.2, 0.25) is 0 Å². The van der Waals surface area contributed by atoms with Crippen molar-refractivity contribution >= 4 is 22.9 Å². The monoisotopic (exact) mass is 329 g/mol. The quantitative estimate of drug-likeness (QED) is 0.859. The van der Waals surface area contributed by atoms with Crippen molar-refractivity contribution in [2.24, 2.45) is 0 Å². The third kappa shape index (κ3) is 3.96. The molecule has 0 aromatic heterocycles. The van der Waals surface area contributed by atoms with E-state index in [4.69, 9.17) is 0 Å². The van der Waals surface area contributed by atoms with Gasteiger partial charge < -0.3 is 10.2 Å². The Balaban J connectivity index is 1.56. The fraction of sp³-hybridized carbons (Fsp3) is 0.579. The predicted molar refractivity (Wildman–Crippen MR) is 96.6 cm³/mol. The zero-order valence-electron chi connectivity index (χ0n) is 14.6. The Kier molecular flexibility index (Phi) is 5.19. The molecule has 0 radical (unpaired) electrons. The third-order valence-electron chi connectivity index (χ3n) is 5.09. The second kappa shape index (κ2) is 7.34. The molecule has 24 heavy (non-hydrogen) atoms. The highest BCUT2D eigenvalue weighted by molar-refractivity contribution is 6.04. The number of nitrogens with zero attached hydrogens (tertiary/aromatic N) is 2. The second-order valence-electron chi connectivity index (χ2n) is 7.08. The number of Topliss-reactive ketones (excluding diaryl/α,β-unsaturated/α-hetero) is 2. The summed E-state index contributed by atoms with van der Waals surface area (Å²) < 4.78 is 0. The Morgan fingerprint density at radius 3 is 2.29 bits per heavy atom. The molecule has 2 fully saturated rings. The first-order chi connectivity index (χ1) is 11.5. The fourth-order valence-corrected chi connectivity index (χ4v) is 3.49. The summed E-state index contributed by atoms with van der Waals surface area (Å²) in [5.74, 6) is 0.0778. The van der Waals surface area contributed by atoms with Gasteiger partial charge in [0.15, 0.2) is 5.78 Å². The van der Waals surface area contributed by atoms with Gasteiger partial charge >= 0.3 is 0 Å². The summed E-state index contributed by atoms with van der Waals surface area (Å²) in [4.78, 5) is 28.1. The van der Waals surface area contributed by atoms with Gasteiger partial charge in [-0.05, 0) is 44.5 Å². The molecule has 5 heteroatoms. The second-order valence-corrected chi connectivity index (χ2v) is 7.08. The average molecular weight is 329 g/mol. The van der Waals surface area contributed by atoms with Crippen LogP contribution in [-0.2, 0) is 9.59 Å². The van der Waals surface area contributed by atoms with Crippen LogP contribution in [0.25, 0.3) is 0 Å². The van der Waals surface area contributed by atoms with Gasteiger partial charge in [-0.1, -0.05) is 0 Å². The van der Waals surface area contributed by atoms with Crippen LogP contribution in [0.1, 0.15) is 33.1 Å². The summed E-state index contributed by atoms with van der Waals surface area (Å²) in [5.41, 5.74) is 2.18. The minimum atomic E-state index is -0.219. The predicted octanol–water partition coefficient (Wildman–Crippen LogP) is 2.32. The molecule has 0 spiro atoms. The first-order valence-electron chi connectivity index (χ1n) is 8.93. The largest absolute Gasteiger partial charge is 0.375 e. The van der Waals surface area contributed by atoms with Crippen LogP contribution < -0.4 is 10.2 Å². The molecule has 2 aliphatic rings. The van der Waals surface area contributed by atoms with Gasteiger partial charge in [0.25, 0.3) is 0 Å². The highest BCUT2D eigenvalue weighted by Gasteiger charge is 2.26. The Morgan fingerprint density at radius 1 is 1.04 bits per heavy atom. The van der Waals surface area contributed by atoms with E-state index in [-0.39, 0.29) is 24.0 Å². The van der Waals surface area contributed by atoms with Crippen molar-refractivity contribution in [3.8, 4) is 0 Å². The van der Waals surface area contributed by atoms with Crippen molar-refractivity contribution in [1.82, 2.24) is 4.90 Å². The molecule has 0 bridgehead atoms. The Hall–Kier alpha value is -1.88. The van der Waals surface area contributed by atoms with E-state index in [0.717, 1.165) is 31.9 Å². The van der Waals surface area contributed by atoms with Crippen molar-refractivity contribution < 1.29 is 9.59 Å². The van der Waals surface area contributed by atoms with Gasteiger partial charge in [-0.25, -0.2) is 0 Å². The maximum atomic E-state index is 11.9. The van der Waals surface area contributed by atoms with Crippen molar-refractivity contribution in [2.45, 2.75) is 45.2 Å². The summed E-state index contributed by atoms with van der Waals surface area (Å²) >= 11 is 0. The van der Waals surface area contributed by atoms with Gasteiger partial charge in [0.1, 0.15) is 5.78 Å². The van der Waals surface area contributed by atoms with Crippen LogP contribution in [0.3, 0.4) is 0 Å². The maximum Gasteiger partial charge on any atom is 0.162 e. The number of benzene rings is 1. The van der Waals surface area contributed by atoms with E-state index in [1.54, 1.807) is 0 Å². The maximum absolute atomic E-state index is 11.9. The first kappa shape index (κ1) is 17.0. The van der Waals surface area contributed by atoms with Gasteiger partial charge in [-0.3, -0.25) is 14.5 Å². The summed E-state index contributed by atoms with van der Waals surface area (Å²) in [6.07, 6.45) is 1.19. The lowest BCUT2D eigenvalue weighted by Crippen LogP contribution is -2.48. The number of hydrogen-bond donors (Lipinski definition) is 1. The Morgan fingerprint density at radius 2 is 1.71 bits per heavy atom. The van der Waals surface area contributed by atoms with Crippen LogP contribution in [0.4, 0.5) is 11.4 Å². The van der Waals surface area contributed by atoms with E-state index in [1.807, 2.05) is 12.1 Å². The summed E-state index contributed by atoms with van der Waals surface area (Å²) in [6, 6.07) is 8.70. The molecule has 3 rings (SSSR count). The smallest absolute Gasteiger partial charge is 0.162 e. The molecule has 1 aliphatic heterocycles. The van der Waals surface area contributed by atoms with Crippen molar-refractivity contribution in [2.75, 3.05) is 36.4 Å². The van der Waals surface area contributed by atoms with Gasteiger partial charge in [0.05, 0.1) is 12.5 Å². The van der Waals surface area contributed by atoms with Gasteiger partial charge in [-0.2, -0.15) is 0 Å². The van der Waals surface area contributed by atoms with E-state index in [0.29, 0.717) is 18.9 Å². The molecule has 1 aromatic carbocycles. The van der Waals surface area contributed by atoms with E-state index in [1.165, 1.54) is 5.69 Å². The van der Waals surface area contributed by atoms with E-state index in [2.05, 4.69) is 41.1 Å². The zero-order valence-corrected chi connectivity index (χ0v) is 14.6. The molecule has 1 aromatic rings. The summed E-state index contributed by atoms with van der Waals surface area (Å²) in [7, 11) is 0. The lowest BCUT2D eigenvalue weighted by molar-refractivity contribution is -0.130. The molecule has 1 atom stereocenters. The van der Waals surface area contributed by atoms with E-state index < -0.39 is 0 Å². The fourth-order valence-electron chi connectivity index (χ4n) is 3.49. The Labute approximate surface area is 144 Å². The molecule has 130 valence electrons. The van der Waals surface area contributed by atoms with Crippen molar-refractivity contribution in [3.63, 3.8) is 0 Å². The minimum absolute atomic E-state index is 0.0140. The van der Waals surface area contributed by atoms with Gasteiger partial charge in [0, 0.05) is 50.0 Å². The van der Waals surface area contributed by atoms with Crippen molar-refractivity contribution in [3.05, 3.63) is 24.3 Å². The van der Waals surface area contributed by atoms with Gasteiger partial charge in [-0.15, -0.1) is 0 Å². The molecular formula is C19H27N3O2. The minimum Gasteiger partial charge on any atom is -0.375 e. The molecule has 5 nitrogen and oxygen atoms in total. The van der Waals surface area contributed by atoms with Crippen molar-refractivity contribution in [1.29, 1.82) is 0 Å². The summed E-state index contributed by atoms with van der Waals surface area (Å²) in [5, 5.41) is 3.27.